The second-order valence-corrected chi connectivity index (χ2v) is 4.51. The van der Waals surface area contributed by atoms with E-state index < -0.39 is 12.6 Å². The number of carbonyl (C=O) groups excluding carboxylic acids is 3. The lowest BCUT2D eigenvalue weighted by molar-refractivity contribution is -0.144. The van der Waals surface area contributed by atoms with Gasteiger partial charge in [-0.2, -0.15) is 13.2 Å². The minimum atomic E-state index is -4.32. The van der Waals surface area contributed by atoms with Crippen molar-refractivity contribution in [1.29, 1.82) is 0 Å². The van der Waals surface area contributed by atoms with E-state index in [-0.39, 0.29) is 18.1 Å². The summed E-state index contributed by atoms with van der Waals surface area (Å²) in [5, 5.41) is 0. The van der Waals surface area contributed by atoms with E-state index in [4.69, 9.17) is 14.3 Å². The molecule has 0 aromatic carbocycles. The van der Waals surface area contributed by atoms with Crippen LogP contribution in [0.3, 0.4) is 0 Å². The zero-order valence-electron chi connectivity index (χ0n) is 11.5. The lowest BCUT2D eigenvalue weighted by atomic mass is 10.0. The molecule has 0 aromatic heterocycles. The molecule has 0 aromatic rings. The first-order chi connectivity index (χ1) is 9.92. The van der Waals surface area contributed by atoms with Crippen LogP contribution in [0.15, 0.2) is 0 Å². The number of halogens is 3. The molecule has 0 aliphatic carbocycles. The van der Waals surface area contributed by atoms with E-state index in [1.807, 2.05) is 0 Å². The fourth-order valence-corrected chi connectivity index (χ4v) is 1.28. The molecule has 5 nitrogen and oxygen atoms in total. The number of alkyl halides is 3. The molecule has 2 aliphatic rings. The highest BCUT2D eigenvalue weighted by Crippen LogP contribution is 2.16. The molecule has 8 heteroatoms. The summed E-state index contributed by atoms with van der Waals surface area (Å²) >= 11 is 0. The molecule has 2 aliphatic heterocycles. The van der Waals surface area contributed by atoms with Crippen molar-refractivity contribution in [2.24, 2.45) is 11.8 Å². The lowest BCUT2D eigenvalue weighted by Gasteiger charge is -2.18. The van der Waals surface area contributed by atoms with Crippen LogP contribution in [-0.4, -0.2) is 51.5 Å². The van der Waals surface area contributed by atoms with Crippen molar-refractivity contribution in [2.45, 2.75) is 25.4 Å². The highest BCUT2D eigenvalue weighted by Gasteiger charge is 2.25. The second-order valence-electron chi connectivity index (χ2n) is 4.51. The Morgan fingerprint density at radius 3 is 1.57 bits per heavy atom. The molecule has 0 unspecified atom stereocenters. The van der Waals surface area contributed by atoms with E-state index in [0.29, 0.717) is 13.2 Å². The molecule has 0 saturated carbocycles. The Morgan fingerprint density at radius 2 is 1.43 bits per heavy atom. The van der Waals surface area contributed by atoms with Crippen molar-refractivity contribution in [2.75, 3.05) is 26.4 Å². The van der Waals surface area contributed by atoms with E-state index in [1.165, 1.54) is 0 Å². The predicted molar refractivity (Wildman–Crippen MR) is 66.7 cm³/mol. The number of aldehydes is 3. The van der Waals surface area contributed by atoms with Crippen molar-refractivity contribution in [3.63, 3.8) is 0 Å². The van der Waals surface area contributed by atoms with Gasteiger partial charge in [0.05, 0.1) is 25.6 Å². The van der Waals surface area contributed by atoms with Crippen molar-refractivity contribution in [1.82, 2.24) is 0 Å². The molecule has 0 amide bonds. The third-order valence-electron chi connectivity index (χ3n) is 2.63. The van der Waals surface area contributed by atoms with Gasteiger partial charge in [0.25, 0.3) is 0 Å². The number of hydrogen-bond acceptors (Lipinski definition) is 5. The molecule has 0 radical (unpaired) electrons. The molecule has 2 rings (SSSR count). The van der Waals surface area contributed by atoms with Crippen LogP contribution in [-0.2, 0) is 23.9 Å². The van der Waals surface area contributed by atoms with Gasteiger partial charge in [0.1, 0.15) is 18.9 Å². The second kappa shape index (κ2) is 11.4. The number of carbonyl (C=O) groups is 3. The number of hydrogen-bond donors (Lipinski definition) is 0. The van der Waals surface area contributed by atoms with Gasteiger partial charge in [-0.05, 0) is 12.8 Å². The van der Waals surface area contributed by atoms with E-state index in [9.17, 15) is 22.8 Å². The molecule has 0 N–H and O–H groups in total. The summed E-state index contributed by atoms with van der Waals surface area (Å²) in [7, 11) is 0. The molecule has 0 atom stereocenters. The smallest absolute Gasteiger partial charge is 0.381 e. The highest BCUT2D eigenvalue weighted by atomic mass is 19.4. The van der Waals surface area contributed by atoms with Crippen LogP contribution in [0.2, 0.25) is 0 Å². The lowest BCUT2D eigenvalue weighted by Crippen LogP contribution is -2.28. The fraction of sp³-hybridized carbons (Fsp3) is 0.769. The van der Waals surface area contributed by atoms with Gasteiger partial charge in [0, 0.05) is 19.1 Å². The first-order valence-electron chi connectivity index (χ1n) is 6.49. The van der Waals surface area contributed by atoms with Crippen LogP contribution in [0.5, 0.6) is 0 Å². The van der Waals surface area contributed by atoms with Gasteiger partial charge < -0.3 is 23.9 Å². The first-order valence-corrected chi connectivity index (χ1v) is 6.49. The zero-order valence-corrected chi connectivity index (χ0v) is 11.5. The minimum Gasteiger partial charge on any atom is -0.381 e. The number of ether oxygens (including phenoxy) is 2. The van der Waals surface area contributed by atoms with E-state index in [1.54, 1.807) is 0 Å². The van der Waals surface area contributed by atoms with Gasteiger partial charge in [-0.25, -0.2) is 0 Å². The summed E-state index contributed by atoms with van der Waals surface area (Å²) < 4.78 is 42.2. The normalized spacial score (nSPS) is 19.0. The summed E-state index contributed by atoms with van der Waals surface area (Å²) in [6.07, 6.45) is -2.02. The van der Waals surface area contributed by atoms with Gasteiger partial charge in [0.15, 0.2) is 0 Å². The van der Waals surface area contributed by atoms with Gasteiger partial charge in [-0.15, -0.1) is 0 Å². The molecular formula is C13H19F3O5. The predicted octanol–water partition coefficient (Wildman–Crippen LogP) is 1.58. The third-order valence-corrected chi connectivity index (χ3v) is 2.63. The largest absolute Gasteiger partial charge is 0.395 e. The number of rotatable bonds is 3. The maximum Gasteiger partial charge on any atom is 0.395 e. The Kier molecular flexibility index (Phi) is 10.7. The van der Waals surface area contributed by atoms with Crippen LogP contribution in [0, 0.1) is 11.8 Å². The maximum atomic E-state index is 10.8. The maximum absolute atomic E-state index is 10.8. The quantitative estimate of drug-likeness (QED) is 0.740. The van der Waals surface area contributed by atoms with Gasteiger partial charge in [-0.3, -0.25) is 0 Å². The summed E-state index contributed by atoms with van der Waals surface area (Å²) in [5.41, 5.74) is 0. The Balaban J connectivity index is 0.000000289. The SMILES string of the molecule is O=CC1CCOCC1.O=CC1COC1.O=CCC(F)(F)F. The van der Waals surface area contributed by atoms with E-state index in [0.717, 1.165) is 38.6 Å². The summed E-state index contributed by atoms with van der Waals surface area (Å²) in [6.45, 7) is 2.82. The Labute approximate surface area is 120 Å². The molecular weight excluding hydrogens is 293 g/mol. The fourth-order valence-electron chi connectivity index (χ4n) is 1.28. The van der Waals surface area contributed by atoms with Crippen molar-refractivity contribution >= 4 is 18.9 Å². The van der Waals surface area contributed by atoms with Gasteiger partial charge in [0.2, 0.25) is 0 Å². The molecule has 21 heavy (non-hydrogen) atoms. The van der Waals surface area contributed by atoms with E-state index >= 15 is 0 Å². The molecule has 2 saturated heterocycles. The first kappa shape index (κ1) is 19.7. The minimum absolute atomic E-state index is 0.167. The van der Waals surface area contributed by atoms with Gasteiger partial charge in [-0.1, -0.05) is 0 Å². The Hall–Kier alpha value is -1.28. The Morgan fingerprint density at radius 1 is 0.905 bits per heavy atom. The van der Waals surface area contributed by atoms with Crippen molar-refractivity contribution < 1.29 is 37.0 Å². The van der Waals surface area contributed by atoms with E-state index in [2.05, 4.69) is 0 Å². The standard InChI is InChI=1S/C6H10O2.C4H6O2.C3H3F3O/c7-5-6-1-3-8-4-2-6;5-1-4-2-6-3-4;4-3(5,6)1-2-7/h5-6H,1-4H2;1,4H,2-3H2;2H,1H2. The summed E-state index contributed by atoms with van der Waals surface area (Å²) in [4.78, 5) is 28.9. The summed E-state index contributed by atoms with van der Waals surface area (Å²) in [6, 6.07) is 0. The Bertz CT molecular complexity index is 297. The van der Waals surface area contributed by atoms with Crippen LogP contribution in [0.4, 0.5) is 13.2 Å². The van der Waals surface area contributed by atoms with Crippen LogP contribution in [0.25, 0.3) is 0 Å². The summed E-state index contributed by atoms with van der Waals surface area (Å²) in [5.74, 6) is 0.494. The molecule has 122 valence electrons. The molecule has 0 spiro atoms. The highest BCUT2D eigenvalue weighted by molar-refractivity contribution is 5.54. The van der Waals surface area contributed by atoms with Crippen LogP contribution < -0.4 is 0 Å². The van der Waals surface area contributed by atoms with Crippen LogP contribution >= 0.6 is 0 Å². The third kappa shape index (κ3) is 12.2. The van der Waals surface area contributed by atoms with Crippen molar-refractivity contribution in [3.05, 3.63) is 0 Å². The molecule has 2 heterocycles. The van der Waals surface area contributed by atoms with Crippen LogP contribution in [0.1, 0.15) is 19.3 Å². The monoisotopic (exact) mass is 312 g/mol. The molecule has 0 bridgehead atoms. The van der Waals surface area contributed by atoms with Crippen molar-refractivity contribution in [3.8, 4) is 0 Å². The molecule has 2 fully saturated rings. The zero-order chi connectivity index (χ0) is 16.1. The average molecular weight is 312 g/mol. The average Bonchev–Trinajstić information content (AvgIpc) is 2.38. The van der Waals surface area contributed by atoms with Gasteiger partial charge >= 0.3 is 6.18 Å². The topological polar surface area (TPSA) is 69.7 Å².